The summed E-state index contributed by atoms with van der Waals surface area (Å²) >= 11 is 6.28. The second-order valence-electron chi connectivity index (χ2n) is 8.27. The number of carbonyl (C=O) groups excluding carboxylic acids is 2. The van der Waals surface area contributed by atoms with E-state index in [-0.39, 0.29) is 12.1 Å². The van der Waals surface area contributed by atoms with Gasteiger partial charge in [-0.25, -0.2) is 9.59 Å². The molecule has 0 saturated carbocycles. The Kier molecular flexibility index (Phi) is 7.63. The minimum atomic E-state index is -0.497. The molecular weight excluding hydrogens is 396 g/mol. The van der Waals surface area contributed by atoms with Crippen LogP contribution in [-0.2, 0) is 9.47 Å². The van der Waals surface area contributed by atoms with Crippen molar-refractivity contribution in [2.45, 2.75) is 52.2 Å². The number of nitrogens with zero attached hydrogens (tertiary/aromatic N) is 1. The molecule has 1 fully saturated rings. The second-order valence-corrected chi connectivity index (χ2v) is 8.68. The SMILES string of the molecule is COC(=O)c1cc(Cl)c(OC)c(NC(C)C2CCN(C(=O)OC(C)(C)C)CC2)c1. The number of esters is 1. The fraction of sp³-hybridized carbons (Fsp3) is 0.619. The highest BCUT2D eigenvalue weighted by atomic mass is 35.5. The van der Waals surface area contributed by atoms with Crippen molar-refractivity contribution in [3.05, 3.63) is 22.7 Å². The number of hydrogen-bond acceptors (Lipinski definition) is 6. The van der Waals surface area contributed by atoms with Gasteiger partial charge in [0.1, 0.15) is 5.60 Å². The molecular formula is C21H31ClN2O5. The van der Waals surface area contributed by atoms with E-state index in [0.717, 1.165) is 12.8 Å². The van der Waals surface area contributed by atoms with Crippen LogP contribution < -0.4 is 10.1 Å². The summed E-state index contributed by atoms with van der Waals surface area (Å²) in [7, 11) is 2.86. The molecule has 7 nitrogen and oxygen atoms in total. The number of anilines is 1. The van der Waals surface area contributed by atoms with Gasteiger partial charge in [0, 0.05) is 19.1 Å². The van der Waals surface area contributed by atoms with E-state index < -0.39 is 11.6 Å². The maximum absolute atomic E-state index is 12.2. The summed E-state index contributed by atoms with van der Waals surface area (Å²) in [4.78, 5) is 25.9. The lowest BCUT2D eigenvalue weighted by molar-refractivity contribution is 0.0179. The van der Waals surface area contributed by atoms with Crippen molar-refractivity contribution in [1.29, 1.82) is 0 Å². The molecule has 0 spiro atoms. The Morgan fingerprint density at radius 3 is 2.34 bits per heavy atom. The molecule has 1 unspecified atom stereocenters. The summed E-state index contributed by atoms with van der Waals surface area (Å²) in [5.41, 5.74) is 0.499. The Morgan fingerprint density at radius 1 is 1.21 bits per heavy atom. The van der Waals surface area contributed by atoms with Gasteiger partial charge in [-0.1, -0.05) is 11.6 Å². The van der Waals surface area contributed by atoms with Gasteiger partial charge in [0.25, 0.3) is 0 Å². The highest BCUT2D eigenvalue weighted by Crippen LogP contribution is 2.36. The highest BCUT2D eigenvalue weighted by molar-refractivity contribution is 6.33. The second kappa shape index (κ2) is 9.57. The summed E-state index contributed by atoms with van der Waals surface area (Å²) < 4.78 is 15.7. The number of amides is 1. The summed E-state index contributed by atoms with van der Waals surface area (Å²) in [6, 6.07) is 3.30. The molecule has 0 radical (unpaired) electrons. The van der Waals surface area contributed by atoms with Gasteiger partial charge in [0.2, 0.25) is 0 Å². The standard InChI is InChI=1S/C21H31ClN2O5/c1-13(14-7-9-24(10-8-14)20(26)29-21(2,3)4)23-17-12-15(19(25)28-6)11-16(22)18(17)27-5/h11-14,23H,7-10H2,1-6H3. The van der Waals surface area contributed by atoms with Crippen LogP contribution in [0.5, 0.6) is 5.75 Å². The Labute approximate surface area is 177 Å². The largest absolute Gasteiger partial charge is 0.493 e. The van der Waals surface area contributed by atoms with Gasteiger partial charge in [-0.15, -0.1) is 0 Å². The van der Waals surface area contributed by atoms with Gasteiger partial charge < -0.3 is 24.4 Å². The normalized spacial score (nSPS) is 16.2. The van der Waals surface area contributed by atoms with Crippen LogP contribution in [0.25, 0.3) is 0 Å². The molecule has 0 aromatic heterocycles. The average molecular weight is 427 g/mol. The summed E-state index contributed by atoms with van der Waals surface area (Å²) in [6.07, 6.45) is 1.43. The molecule has 1 heterocycles. The van der Waals surface area contributed by atoms with Crippen LogP contribution in [0.2, 0.25) is 5.02 Å². The summed E-state index contributed by atoms with van der Waals surface area (Å²) in [5, 5.41) is 3.76. The van der Waals surface area contributed by atoms with Gasteiger partial charge in [-0.05, 0) is 58.6 Å². The zero-order chi connectivity index (χ0) is 21.8. The third kappa shape index (κ3) is 6.16. The number of likely N-dealkylation sites (tertiary alicyclic amines) is 1. The molecule has 29 heavy (non-hydrogen) atoms. The van der Waals surface area contributed by atoms with Crippen molar-refractivity contribution in [3.8, 4) is 5.75 Å². The number of rotatable bonds is 5. The first kappa shape index (κ1) is 23.1. The van der Waals surface area contributed by atoms with Gasteiger partial charge in [0.05, 0.1) is 30.5 Å². The molecule has 1 aromatic rings. The smallest absolute Gasteiger partial charge is 0.410 e. The number of benzene rings is 1. The van der Waals surface area contributed by atoms with E-state index in [4.69, 9.17) is 25.8 Å². The molecule has 162 valence electrons. The minimum absolute atomic E-state index is 0.0913. The number of hydrogen-bond donors (Lipinski definition) is 1. The van der Waals surface area contributed by atoms with Crippen molar-refractivity contribution >= 4 is 29.4 Å². The molecule has 1 aromatic carbocycles. The molecule has 1 aliphatic heterocycles. The summed E-state index contributed by atoms with van der Waals surface area (Å²) in [5.74, 6) is 0.368. The Morgan fingerprint density at radius 2 is 1.83 bits per heavy atom. The van der Waals surface area contributed by atoms with E-state index in [0.29, 0.717) is 41.0 Å². The average Bonchev–Trinajstić information content (AvgIpc) is 2.65. The Balaban J connectivity index is 2.04. The van der Waals surface area contributed by atoms with Gasteiger partial charge >= 0.3 is 12.1 Å². The Bertz CT molecular complexity index is 739. The van der Waals surface area contributed by atoms with E-state index in [2.05, 4.69) is 12.2 Å². The molecule has 1 N–H and O–H groups in total. The van der Waals surface area contributed by atoms with E-state index in [1.807, 2.05) is 20.8 Å². The number of halogens is 1. The molecule has 8 heteroatoms. The molecule has 0 aliphatic carbocycles. The lowest BCUT2D eigenvalue weighted by Crippen LogP contribution is -2.44. The number of ether oxygens (including phenoxy) is 3. The number of nitrogens with one attached hydrogen (secondary N) is 1. The molecule has 1 atom stereocenters. The van der Waals surface area contributed by atoms with Crippen molar-refractivity contribution in [1.82, 2.24) is 4.90 Å². The predicted octanol–water partition coefficient (Wildman–Crippen LogP) is 4.58. The zero-order valence-corrected chi connectivity index (χ0v) is 18.8. The lowest BCUT2D eigenvalue weighted by Gasteiger charge is -2.36. The van der Waals surface area contributed by atoms with Gasteiger partial charge in [0.15, 0.2) is 5.75 Å². The van der Waals surface area contributed by atoms with Gasteiger partial charge in [-0.3, -0.25) is 0 Å². The first-order chi connectivity index (χ1) is 13.6. The molecule has 1 amide bonds. The minimum Gasteiger partial charge on any atom is -0.493 e. The van der Waals surface area contributed by atoms with E-state index >= 15 is 0 Å². The first-order valence-corrected chi connectivity index (χ1v) is 10.1. The molecule has 2 rings (SSSR count). The van der Waals surface area contributed by atoms with Crippen molar-refractivity contribution < 1.29 is 23.8 Å². The first-order valence-electron chi connectivity index (χ1n) is 9.76. The predicted molar refractivity (Wildman–Crippen MR) is 113 cm³/mol. The van der Waals surface area contributed by atoms with Crippen LogP contribution in [-0.4, -0.2) is 55.9 Å². The van der Waals surface area contributed by atoms with Crippen LogP contribution >= 0.6 is 11.6 Å². The number of methoxy groups -OCH3 is 2. The molecule has 0 bridgehead atoms. The third-order valence-electron chi connectivity index (χ3n) is 4.95. The van der Waals surface area contributed by atoms with E-state index in [9.17, 15) is 9.59 Å². The van der Waals surface area contributed by atoms with Crippen LogP contribution in [0.1, 0.15) is 50.9 Å². The van der Waals surface area contributed by atoms with Crippen LogP contribution in [0.4, 0.5) is 10.5 Å². The topological polar surface area (TPSA) is 77.1 Å². The fourth-order valence-electron chi connectivity index (χ4n) is 3.42. The van der Waals surface area contributed by atoms with Crippen LogP contribution in [0, 0.1) is 5.92 Å². The van der Waals surface area contributed by atoms with Crippen LogP contribution in [0.15, 0.2) is 12.1 Å². The molecule has 1 saturated heterocycles. The lowest BCUT2D eigenvalue weighted by atomic mass is 9.90. The quantitative estimate of drug-likeness (QED) is 0.694. The van der Waals surface area contributed by atoms with Crippen molar-refractivity contribution in [3.63, 3.8) is 0 Å². The monoisotopic (exact) mass is 426 g/mol. The number of carbonyl (C=O) groups is 2. The maximum atomic E-state index is 12.2. The van der Waals surface area contributed by atoms with Crippen molar-refractivity contribution in [2.75, 3.05) is 32.6 Å². The highest BCUT2D eigenvalue weighted by Gasteiger charge is 2.29. The van der Waals surface area contributed by atoms with E-state index in [1.165, 1.54) is 20.3 Å². The summed E-state index contributed by atoms with van der Waals surface area (Å²) in [6.45, 7) is 8.96. The van der Waals surface area contributed by atoms with Gasteiger partial charge in [-0.2, -0.15) is 0 Å². The Hall–Kier alpha value is -2.15. The van der Waals surface area contributed by atoms with Crippen molar-refractivity contribution in [2.24, 2.45) is 5.92 Å². The zero-order valence-electron chi connectivity index (χ0n) is 18.0. The van der Waals surface area contributed by atoms with E-state index in [1.54, 1.807) is 11.0 Å². The number of piperidine rings is 1. The maximum Gasteiger partial charge on any atom is 0.410 e. The fourth-order valence-corrected chi connectivity index (χ4v) is 3.71. The third-order valence-corrected chi connectivity index (χ3v) is 5.23. The molecule has 1 aliphatic rings. The van der Waals surface area contributed by atoms with Crippen LogP contribution in [0.3, 0.4) is 0 Å².